The van der Waals surface area contributed by atoms with E-state index in [2.05, 4.69) is 10.3 Å². The number of hydrogen-bond donors (Lipinski definition) is 1. The molecule has 88 valence electrons. The van der Waals surface area contributed by atoms with Crippen LogP contribution in [-0.4, -0.2) is 11.5 Å². The number of nitrogens with zero attached hydrogens (tertiary/aromatic N) is 1. The molecule has 0 fully saturated rings. The van der Waals surface area contributed by atoms with Crippen LogP contribution in [0.3, 0.4) is 0 Å². The molecular weight excluding hydrogens is 239 g/mol. The molecule has 0 saturated heterocycles. The molecule has 1 heterocycles. The smallest absolute Gasteiger partial charge is 0.146 e. The zero-order valence-corrected chi connectivity index (χ0v) is 9.91. The van der Waals surface area contributed by atoms with Crippen LogP contribution in [0.15, 0.2) is 42.7 Å². The Labute approximate surface area is 104 Å². The van der Waals surface area contributed by atoms with Gasteiger partial charge < -0.3 is 5.32 Å². The van der Waals surface area contributed by atoms with E-state index in [1.54, 1.807) is 18.5 Å². The van der Waals surface area contributed by atoms with Crippen molar-refractivity contribution in [3.05, 3.63) is 59.1 Å². The standard InChI is InChI=1S/C13H12ClFN2/c14-11-1-2-12(15)13(9-11)17-8-5-10-3-6-16-7-4-10/h1-4,6-7,9,17H,5,8H2. The zero-order chi connectivity index (χ0) is 12.1. The average Bonchev–Trinajstić information content (AvgIpc) is 2.35. The van der Waals surface area contributed by atoms with Crippen LogP contribution in [0, 0.1) is 5.82 Å². The predicted octanol–water partition coefficient (Wildman–Crippen LogP) is 3.53. The van der Waals surface area contributed by atoms with Crippen LogP contribution in [0.1, 0.15) is 5.56 Å². The molecule has 2 aromatic rings. The molecule has 2 nitrogen and oxygen atoms in total. The van der Waals surface area contributed by atoms with Gasteiger partial charge in [0.2, 0.25) is 0 Å². The van der Waals surface area contributed by atoms with E-state index in [9.17, 15) is 4.39 Å². The lowest BCUT2D eigenvalue weighted by atomic mass is 10.2. The third-order valence-corrected chi connectivity index (χ3v) is 2.64. The van der Waals surface area contributed by atoms with Crippen molar-refractivity contribution >= 4 is 17.3 Å². The van der Waals surface area contributed by atoms with Crippen LogP contribution >= 0.6 is 11.6 Å². The summed E-state index contributed by atoms with van der Waals surface area (Å²) in [5.74, 6) is -0.288. The van der Waals surface area contributed by atoms with Gasteiger partial charge in [0.05, 0.1) is 5.69 Å². The van der Waals surface area contributed by atoms with Crippen LogP contribution in [0.4, 0.5) is 10.1 Å². The minimum Gasteiger partial charge on any atom is -0.382 e. The van der Waals surface area contributed by atoms with Gasteiger partial charge in [-0.1, -0.05) is 11.6 Å². The molecule has 4 heteroatoms. The Kier molecular flexibility index (Phi) is 3.94. The number of aromatic nitrogens is 1. The summed E-state index contributed by atoms with van der Waals surface area (Å²) in [5, 5.41) is 3.55. The summed E-state index contributed by atoms with van der Waals surface area (Å²) in [5.41, 5.74) is 1.60. The highest BCUT2D eigenvalue weighted by Gasteiger charge is 2.01. The molecule has 17 heavy (non-hydrogen) atoms. The molecule has 1 aromatic carbocycles. The zero-order valence-electron chi connectivity index (χ0n) is 9.16. The molecule has 0 atom stereocenters. The summed E-state index contributed by atoms with van der Waals surface area (Å²) < 4.78 is 13.4. The first kappa shape index (κ1) is 11.9. The van der Waals surface area contributed by atoms with E-state index in [4.69, 9.17) is 11.6 Å². The molecule has 1 aromatic heterocycles. The second kappa shape index (κ2) is 5.64. The Hall–Kier alpha value is -1.61. The Morgan fingerprint density at radius 2 is 1.94 bits per heavy atom. The largest absolute Gasteiger partial charge is 0.382 e. The minimum atomic E-state index is -0.288. The van der Waals surface area contributed by atoms with E-state index in [-0.39, 0.29) is 5.82 Å². The van der Waals surface area contributed by atoms with E-state index < -0.39 is 0 Å². The summed E-state index contributed by atoms with van der Waals surface area (Å²) in [6, 6.07) is 8.36. The number of benzene rings is 1. The first-order valence-corrected chi connectivity index (χ1v) is 5.71. The van der Waals surface area contributed by atoms with Gasteiger partial charge in [-0.3, -0.25) is 4.98 Å². The van der Waals surface area contributed by atoms with Crippen molar-refractivity contribution in [1.29, 1.82) is 0 Å². The van der Waals surface area contributed by atoms with E-state index in [0.717, 1.165) is 12.0 Å². The molecular formula is C13H12ClFN2. The Bertz CT molecular complexity index is 488. The summed E-state index contributed by atoms with van der Waals surface area (Å²) in [4.78, 5) is 3.94. The molecule has 0 bridgehead atoms. The van der Waals surface area contributed by atoms with Crippen LogP contribution in [0.2, 0.25) is 5.02 Å². The van der Waals surface area contributed by atoms with E-state index in [0.29, 0.717) is 17.3 Å². The Morgan fingerprint density at radius 3 is 2.71 bits per heavy atom. The third kappa shape index (κ3) is 3.43. The number of rotatable bonds is 4. The molecule has 0 spiro atoms. The number of anilines is 1. The summed E-state index contributed by atoms with van der Waals surface area (Å²) >= 11 is 5.80. The highest BCUT2D eigenvalue weighted by molar-refractivity contribution is 6.30. The lowest BCUT2D eigenvalue weighted by molar-refractivity contribution is 0.630. The highest BCUT2D eigenvalue weighted by Crippen LogP contribution is 2.19. The van der Waals surface area contributed by atoms with Gasteiger partial charge in [-0.15, -0.1) is 0 Å². The van der Waals surface area contributed by atoms with Gasteiger partial charge >= 0.3 is 0 Å². The topological polar surface area (TPSA) is 24.9 Å². The number of nitrogens with one attached hydrogen (secondary N) is 1. The monoisotopic (exact) mass is 250 g/mol. The van der Waals surface area contributed by atoms with Crippen LogP contribution in [0.5, 0.6) is 0 Å². The van der Waals surface area contributed by atoms with Crippen molar-refractivity contribution < 1.29 is 4.39 Å². The van der Waals surface area contributed by atoms with E-state index in [1.165, 1.54) is 12.1 Å². The van der Waals surface area contributed by atoms with E-state index >= 15 is 0 Å². The molecule has 0 aliphatic rings. The SMILES string of the molecule is Fc1ccc(Cl)cc1NCCc1ccncc1. The molecule has 0 aliphatic carbocycles. The molecule has 0 saturated carbocycles. The second-order valence-electron chi connectivity index (χ2n) is 3.66. The van der Waals surface area contributed by atoms with Crippen molar-refractivity contribution in [2.45, 2.75) is 6.42 Å². The van der Waals surface area contributed by atoms with Crippen molar-refractivity contribution in [2.24, 2.45) is 0 Å². The fourth-order valence-corrected chi connectivity index (χ4v) is 1.70. The molecule has 0 unspecified atom stereocenters. The van der Waals surface area contributed by atoms with Crippen LogP contribution in [-0.2, 0) is 6.42 Å². The number of hydrogen-bond acceptors (Lipinski definition) is 2. The van der Waals surface area contributed by atoms with E-state index in [1.807, 2.05) is 12.1 Å². The number of pyridine rings is 1. The molecule has 0 aliphatic heterocycles. The normalized spacial score (nSPS) is 10.2. The first-order valence-electron chi connectivity index (χ1n) is 5.33. The second-order valence-corrected chi connectivity index (χ2v) is 4.09. The quantitative estimate of drug-likeness (QED) is 0.898. The summed E-state index contributed by atoms with van der Waals surface area (Å²) in [6.07, 6.45) is 4.30. The molecule has 2 rings (SSSR count). The molecule has 0 amide bonds. The van der Waals surface area contributed by atoms with Gasteiger partial charge in [0.25, 0.3) is 0 Å². The molecule has 1 N–H and O–H groups in total. The lowest BCUT2D eigenvalue weighted by Gasteiger charge is -2.07. The van der Waals surface area contributed by atoms with Crippen molar-refractivity contribution in [1.82, 2.24) is 4.98 Å². The maximum Gasteiger partial charge on any atom is 0.146 e. The fourth-order valence-electron chi connectivity index (χ4n) is 1.52. The Balaban J connectivity index is 1.92. The lowest BCUT2D eigenvalue weighted by Crippen LogP contribution is -2.06. The summed E-state index contributed by atoms with van der Waals surface area (Å²) in [6.45, 7) is 0.654. The highest BCUT2D eigenvalue weighted by atomic mass is 35.5. The van der Waals surface area contributed by atoms with Crippen LogP contribution in [0.25, 0.3) is 0 Å². The van der Waals surface area contributed by atoms with Crippen molar-refractivity contribution in [3.63, 3.8) is 0 Å². The average molecular weight is 251 g/mol. The van der Waals surface area contributed by atoms with Crippen LogP contribution < -0.4 is 5.32 Å². The van der Waals surface area contributed by atoms with Gasteiger partial charge in [0.1, 0.15) is 5.82 Å². The van der Waals surface area contributed by atoms with Crippen molar-refractivity contribution in [3.8, 4) is 0 Å². The van der Waals surface area contributed by atoms with Gasteiger partial charge in [-0.2, -0.15) is 0 Å². The van der Waals surface area contributed by atoms with Crippen molar-refractivity contribution in [2.75, 3.05) is 11.9 Å². The predicted molar refractivity (Wildman–Crippen MR) is 67.8 cm³/mol. The fraction of sp³-hybridized carbons (Fsp3) is 0.154. The van der Waals surface area contributed by atoms with Gasteiger partial charge in [-0.25, -0.2) is 4.39 Å². The van der Waals surface area contributed by atoms with Gasteiger partial charge in [0.15, 0.2) is 0 Å². The maximum absolute atomic E-state index is 13.4. The maximum atomic E-state index is 13.4. The minimum absolute atomic E-state index is 0.288. The van der Waals surface area contributed by atoms with Gasteiger partial charge in [0, 0.05) is 24.0 Å². The molecule has 0 radical (unpaired) electrons. The third-order valence-electron chi connectivity index (χ3n) is 2.41. The first-order chi connectivity index (χ1) is 8.25. The number of halogens is 2. The summed E-state index contributed by atoms with van der Waals surface area (Å²) in [7, 11) is 0. The Morgan fingerprint density at radius 1 is 1.18 bits per heavy atom. The van der Waals surface area contributed by atoms with Gasteiger partial charge in [-0.05, 0) is 42.3 Å².